The average molecular weight is 213 g/mol. The van der Waals surface area contributed by atoms with Crippen LogP contribution in [0.2, 0.25) is 0 Å². The largest absolute Gasteiger partial charge is 0.480 e. The Labute approximate surface area is 90.0 Å². The first-order valence-corrected chi connectivity index (χ1v) is 5.48. The molecule has 1 saturated carbocycles. The van der Waals surface area contributed by atoms with Gasteiger partial charge in [-0.3, -0.25) is 4.79 Å². The van der Waals surface area contributed by atoms with Crippen molar-refractivity contribution in [3.8, 4) is 0 Å². The number of amides is 1. The first-order chi connectivity index (χ1) is 7.06. The normalized spacial score (nSPS) is 33.1. The van der Waals surface area contributed by atoms with Gasteiger partial charge in [-0.2, -0.15) is 0 Å². The van der Waals surface area contributed by atoms with Crippen LogP contribution >= 0.6 is 0 Å². The summed E-state index contributed by atoms with van der Waals surface area (Å²) in [6, 6.07) is -0.711. The highest BCUT2D eigenvalue weighted by Crippen LogP contribution is 2.34. The van der Waals surface area contributed by atoms with Crippen LogP contribution in [-0.4, -0.2) is 23.5 Å². The highest BCUT2D eigenvalue weighted by atomic mass is 16.4. The van der Waals surface area contributed by atoms with Crippen molar-refractivity contribution in [2.45, 2.75) is 39.2 Å². The lowest BCUT2D eigenvalue weighted by Crippen LogP contribution is -2.44. The number of aliphatic carboxylic acids is 1. The number of carboxylic acids is 1. The van der Waals surface area contributed by atoms with Crippen molar-refractivity contribution in [1.82, 2.24) is 5.32 Å². The zero-order valence-electron chi connectivity index (χ0n) is 9.27. The van der Waals surface area contributed by atoms with Crippen LogP contribution in [0.15, 0.2) is 0 Å². The number of nitrogens with one attached hydrogen (secondary N) is 1. The molecule has 1 rings (SSSR count). The van der Waals surface area contributed by atoms with Crippen LogP contribution in [0.25, 0.3) is 0 Å². The summed E-state index contributed by atoms with van der Waals surface area (Å²) >= 11 is 0. The van der Waals surface area contributed by atoms with Gasteiger partial charge in [0.15, 0.2) is 0 Å². The third-order valence-corrected chi connectivity index (χ3v) is 3.62. The Kier molecular flexibility index (Phi) is 4.12. The summed E-state index contributed by atoms with van der Waals surface area (Å²) in [5.41, 5.74) is 0. The van der Waals surface area contributed by atoms with Crippen molar-refractivity contribution < 1.29 is 14.7 Å². The van der Waals surface area contributed by atoms with Gasteiger partial charge in [-0.05, 0) is 30.6 Å². The molecule has 4 nitrogen and oxygen atoms in total. The molecular weight excluding hydrogens is 194 g/mol. The Hall–Kier alpha value is -1.06. The van der Waals surface area contributed by atoms with E-state index in [1.54, 1.807) is 0 Å². The number of carbonyl (C=O) groups excluding carboxylic acids is 1. The van der Waals surface area contributed by atoms with Gasteiger partial charge in [-0.25, -0.2) is 4.79 Å². The minimum absolute atomic E-state index is 0.0823. The molecule has 4 unspecified atom stereocenters. The summed E-state index contributed by atoms with van der Waals surface area (Å²) in [7, 11) is 0. The average Bonchev–Trinajstić information content (AvgIpc) is 2.18. The fourth-order valence-electron chi connectivity index (χ4n) is 2.37. The van der Waals surface area contributed by atoms with E-state index < -0.39 is 12.0 Å². The van der Waals surface area contributed by atoms with Crippen LogP contribution in [-0.2, 0) is 9.59 Å². The highest BCUT2D eigenvalue weighted by Gasteiger charge is 2.33. The van der Waals surface area contributed by atoms with Gasteiger partial charge in [0.1, 0.15) is 6.04 Å². The van der Waals surface area contributed by atoms with E-state index in [0.29, 0.717) is 18.2 Å². The Morgan fingerprint density at radius 2 is 2.07 bits per heavy atom. The fourth-order valence-corrected chi connectivity index (χ4v) is 2.37. The van der Waals surface area contributed by atoms with Crippen LogP contribution < -0.4 is 5.32 Å². The van der Waals surface area contributed by atoms with Gasteiger partial charge in [-0.1, -0.05) is 20.3 Å². The summed E-state index contributed by atoms with van der Waals surface area (Å²) in [6.07, 6.45) is 3.32. The van der Waals surface area contributed by atoms with Crippen molar-refractivity contribution in [2.24, 2.45) is 17.8 Å². The topological polar surface area (TPSA) is 66.4 Å². The molecule has 0 saturated heterocycles. The third kappa shape index (κ3) is 2.94. The highest BCUT2D eigenvalue weighted by molar-refractivity contribution is 5.76. The summed E-state index contributed by atoms with van der Waals surface area (Å²) in [5.74, 6) is 0.360. The molecule has 0 aromatic heterocycles. The van der Waals surface area contributed by atoms with Gasteiger partial charge in [0.2, 0.25) is 6.41 Å². The van der Waals surface area contributed by atoms with E-state index in [0.717, 1.165) is 19.3 Å². The molecule has 0 spiro atoms. The minimum atomic E-state index is -0.922. The molecule has 0 aliphatic heterocycles. The van der Waals surface area contributed by atoms with Gasteiger partial charge in [-0.15, -0.1) is 0 Å². The Balaban J connectivity index is 2.61. The molecule has 4 atom stereocenters. The van der Waals surface area contributed by atoms with E-state index in [9.17, 15) is 9.59 Å². The maximum absolute atomic E-state index is 11.0. The fraction of sp³-hybridized carbons (Fsp3) is 0.818. The molecule has 0 bridgehead atoms. The zero-order chi connectivity index (χ0) is 11.4. The maximum atomic E-state index is 11.0. The van der Waals surface area contributed by atoms with Gasteiger partial charge in [0.05, 0.1) is 0 Å². The number of carbonyl (C=O) groups is 2. The van der Waals surface area contributed by atoms with Crippen molar-refractivity contribution >= 4 is 12.4 Å². The van der Waals surface area contributed by atoms with E-state index in [4.69, 9.17) is 5.11 Å². The van der Waals surface area contributed by atoms with Crippen molar-refractivity contribution in [2.75, 3.05) is 0 Å². The molecule has 1 aliphatic carbocycles. The number of carboxylic acid groups (broad SMARTS) is 1. The van der Waals surface area contributed by atoms with E-state index in [-0.39, 0.29) is 5.92 Å². The maximum Gasteiger partial charge on any atom is 0.326 e. The predicted molar refractivity (Wildman–Crippen MR) is 56.3 cm³/mol. The molecule has 0 aromatic carbocycles. The SMILES string of the molecule is CC1CCC(C(NC=O)C(=O)O)CC1C. The molecule has 0 heterocycles. The molecule has 15 heavy (non-hydrogen) atoms. The molecule has 86 valence electrons. The van der Waals surface area contributed by atoms with Crippen LogP contribution in [0.3, 0.4) is 0 Å². The molecular formula is C11H19NO3. The molecule has 1 fully saturated rings. The summed E-state index contributed by atoms with van der Waals surface area (Å²) in [4.78, 5) is 21.3. The van der Waals surface area contributed by atoms with Gasteiger partial charge in [0.25, 0.3) is 0 Å². The van der Waals surface area contributed by atoms with E-state index >= 15 is 0 Å². The summed E-state index contributed by atoms with van der Waals surface area (Å²) < 4.78 is 0. The van der Waals surface area contributed by atoms with Gasteiger partial charge < -0.3 is 10.4 Å². The molecule has 0 radical (unpaired) electrons. The lowest BCUT2D eigenvalue weighted by Gasteiger charge is -2.34. The lowest BCUT2D eigenvalue weighted by atomic mass is 9.73. The number of hydrogen-bond acceptors (Lipinski definition) is 2. The van der Waals surface area contributed by atoms with E-state index in [2.05, 4.69) is 19.2 Å². The monoisotopic (exact) mass is 213 g/mol. The van der Waals surface area contributed by atoms with Crippen LogP contribution in [0.1, 0.15) is 33.1 Å². The standard InChI is InChI=1S/C11H19NO3/c1-7-3-4-9(5-8(7)2)10(11(14)15)12-6-13/h6-10H,3-5H2,1-2H3,(H,12,13)(H,14,15). The summed E-state index contributed by atoms with van der Waals surface area (Å²) in [6.45, 7) is 4.35. The summed E-state index contributed by atoms with van der Waals surface area (Å²) in [5, 5.41) is 11.4. The molecule has 2 N–H and O–H groups in total. The first kappa shape index (κ1) is 12.0. The van der Waals surface area contributed by atoms with Gasteiger partial charge in [0, 0.05) is 0 Å². The van der Waals surface area contributed by atoms with Crippen molar-refractivity contribution in [1.29, 1.82) is 0 Å². The Bertz CT molecular complexity index is 242. The lowest BCUT2D eigenvalue weighted by molar-refractivity contribution is -0.142. The Morgan fingerprint density at radius 3 is 2.53 bits per heavy atom. The smallest absolute Gasteiger partial charge is 0.326 e. The van der Waals surface area contributed by atoms with Crippen LogP contribution in [0.5, 0.6) is 0 Å². The minimum Gasteiger partial charge on any atom is -0.480 e. The van der Waals surface area contributed by atoms with Crippen molar-refractivity contribution in [3.05, 3.63) is 0 Å². The Morgan fingerprint density at radius 1 is 1.40 bits per heavy atom. The molecule has 0 aromatic rings. The van der Waals surface area contributed by atoms with E-state index in [1.807, 2.05) is 0 Å². The number of rotatable bonds is 4. The molecule has 4 heteroatoms. The van der Waals surface area contributed by atoms with Crippen LogP contribution in [0, 0.1) is 17.8 Å². The second-order valence-electron chi connectivity index (χ2n) is 4.63. The van der Waals surface area contributed by atoms with Gasteiger partial charge >= 0.3 is 5.97 Å². The molecule has 1 aliphatic rings. The predicted octanol–water partition coefficient (Wildman–Crippen LogP) is 1.26. The second kappa shape index (κ2) is 5.14. The third-order valence-electron chi connectivity index (χ3n) is 3.62. The van der Waals surface area contributed by atoms with E-state index in [1.165, 1.54) is 0 Å². The zero-order valence-corrected chi connectivity index (χ0v) is 9.27. The quantitative estimate of drug-likeness (QED) is 0.691. The number of hydrogen-bond donors (Lipinski definition) is 2. The first-order valence-electron chi connectivity index (χ1n) is 5.48. The van der Waals surface area contributed by atoms with Crippen LogP contribution in [0.4, 0.5) is 0 Å². The van der Waals surface area contributed by atoms with Crippen molar-refractivity contribution in [3.63, 3.8) is 0 Å². The second-order valence-corrected chi connectivity index (χ2v) is 4.63. The molecule has 1 amide bonds.